The monoisotopic (exact) mass is 243 g/mol. The van der Waals surface area contributed by atoms with Gasteiger partial charge in [-0.3, -0.25) is 0 Å². The van der Waals surface area contributed by atoms with Gasteiger partial charge in [0.15, 0.2) is 0 Å². The van der Waals surface area contributed by atoms with E-state index in [1.165, 1.54) is 32.1 Å². The Hall–Kier alpha value is -1.25. The van der Waals surface area contributed by atoms with Crippen LogP contribution in [0.4, 0.5) is 11.5 Å². The highest BCUT2D eigenvalue weighted by Gasteiger charge is 2.48. The second kappa shape index (κ2) is 3.87. The molecule has 1 aromatic rings. The molecule has 1 heterocycles. The summed E-state index contributed by atoms with van der Waals surface area (Å²) >= 11 is 0. The molecule has 4 aliphatic carbocycles. The quantitative estimate of drug-likeness (QED) is 0.839. The number of hydrogen-bond donors (Lipinski definition) is 2. The van der Waals surface area contributed by atoms with E-state index in [1.54, 1.807) is 0 Å². The lowest BCUT2D eigenvalue weighted by Crippen LogP contribution is -2.51. The molecule has 4 saturated carbocycles. The fraction of sp³-hybridized carbons (Fsp3) is 0.667. The summed E-state index contributed by atoms with van der Waals surface area (Å²) in [5.41, 5.74) is 6.78. The average Bonchev–Trinajstić information content (AvgIpc) is 2.35. The molecule has 0 spiro atoms. The first kappa shape index (κ1) is 10.7. The van der Waals surface area contributed by atoms with Crippen LogP contribution < -0.4 is 11.1 Å². The normalized spacial score (nSPS) is 41.0. The van der Waals surface area contributed by atoms with E-state index in [-0.39, 0.29) is 0 Å². The highest BCUT2D eigenvalue weighted by molar-refractivity contribution is 5.46. The number of rotatable bonds is 2. The molecule has 4 fully saturated rings. The number of pyridine rings is 1. The number of nitrogens with zero attached hydrogens (tertiary/aromatic N) is 1. The van der Waals surface area contributed by atoms with E-state index in [0.717, 1.165) is 29.4 Å². The highest BCUT2D eigenvalue weighted by Crippen LogP contribution is 2.54. The van der Waals surface area contributed by atoms with Crippen LogP contribution in [-0.4, -0.2) is 11.0 Å². The van der Waals surface area contributed by atoms with Crippen molar-refractivity contribution in [2.75, 3.05) is 11.1 Å². The van der Waals surface area contributed by atoms with E-state index in [4.69, 9.17) is 5.73 Å². The second-order valence-electron chi connectivity index (χ2n) is 6.57. The van der Waals surface area contributed by atoms with Gasteiger partial charge in [0.05, 0.1) is 11.9 Å². The summed E-state index contributed by atoms with van der Waals surface area (Å²) < 4.78 is 0. The Morgan fingerprint density at radius 2 is 1.67 bits per heavy atom. The summed E-state index contributed by atoms with van der Waals surface area (Å²) in [6, 6.07) is 4.63. The maximum absolute atomic E-state index is 5.64. The van der Waals surface area contributed by atoms with Gasteiger partial charge < -0.3 is 11.1 Å². The van der Waals surface area contributed by atoms with E-state index in [2.05, 4.69) is 16.4 Å². The Morgan fingerprint density at radius 3 is 2.22 bits per heavy atom. The zero-order valence-electron chi connectivity index (χ0n) is 10.7. The molecule has 0 amide bonds. The Bertz CT molecular complexity index is 412. The predicted molar refractivity (Wildman–Crippen MR) is 73.1 cm³/mol. The molecule has 3 heteroatoms. The van der Waals surface area contributed by atoms with Gasteiger partial charge in [0.25, 0.3) is 0 Å². The smallest absolute Gasteiger partial charge is 0.123 e. The molecule has 0 unspecified atom stereocenters. The fourth-order valence-corrected chi connectivity index (χ4v) is 4.84. The van der Waals surface area contributed by atoms with Crippen molar-refractivity contribution in [3.05, 3.63) is 18.3 Å². The SMILES string of the molecule is Nc1ccc(NC2C3CC4CC(C3)CC2C4)cn1. The van der Waals surface area contributed by atoms with Gasteiger partial charge in [-0.1, -0.05) is 0 Å². The van der Waals surface area contributed by atoms with Crippen LogP contribution >= 0.6 is 0 Å². The van der Waals surface area contributed by atoms with Gasteiger partial charge >= 0.3 is 0 Å². The lowest BCUT2D eigenvalue weighted by atomic mass is 9.54. The van der Waals surface area contributed by atoms with Crippen LogP contribution in [-0.2, 0) is 0 Å². The Balaban J connectivity index is 1.53. The molecule has 0 radical (unpaired) electrons. The minimum atomic E-state index is 0.602. The summed E-state index contributed by atoms with van der Waals surface area (Å²) in [6.45, 7) is 0. The van der Waals surface area contributed by atoms with E-state index >= 15 is 0 Å². The van der Waals surface area contributed by atoms with E-state index < -0.39 is 0 Å². The van der Waals surface area contributed by atoms with Crippen molar-refractivity contribution in [1.29, 1.82) is 0 Å². The predicted octanol–water partition coefficient (Wildman–Crippen LogP) is 2.90. The van der Waals surface area contributed by atoms with Crippen molar-refractivity contribution >= 4 is 11.5 Å². The zero-order chi connectivity index (χ0) is 12.1. The molecule has 96 valence electrons. The number of nitrogens with two attached hydrogens (primary N) is 1. The number of nitrogens with one attached hydrogen (secondary N) is 1. The number of aromatic nitrogens is 1. The molecular formula is C15H21N3. The van der Waals surface area contributed by atoms with E-state index in [9.17, 15) is 0 Å². The van der Waals surface area contributed by atoms with Gasteiger partial charge in [0.2, 0.25) is 0 Å². The molecule has 4 bridgehead atoms. The minimum Gasteiger partial charge on any atom is -0.384 e. The lowest BCUT2D eigenvalue weighted by Gasteiger charge is -2.54. The van der Waals surface area contributed by atoms with Crippen LogP contribution in [0.2, 0.25) is 0 Å². The summed E-state index contributed by atoms with van der Waals surface area (Å²) in [5.74, 6) is 4.48. The molecule has 4 aliphatic rings. The van der Waals surface area contributed by atoms with E-state index in [1.807, 2.05) is 12.3 Å². The Kier molecular flexibility index (Phi) is 2.29. The highest BCUT2D eigenvalue weighted by atomic mass is 15.0. The van der Waals surface area contributed by atoms with Gasteiger partial charge in [-0.15, -0.1) is 0 Å². The van der Waals surface area contributed by atoms with Crippen LogP contribution in [0.1, 0.15) is 32.1 Å². The Morgan fingerprint density at radius 1 is 1.00 bits per heavy atom. The third-order valence-corrected chi connectivity index (χ3v) is 5.35. The number of nitrogen functional groups attached to an aromatic ring is 1. The van der Waals surface area contributed by atoms with Crippen LogP contribution in [0.3, 0.4) is 0 Å². The van der Waals surface area contributed by atoms with Gasteiger partial charge in [-0.2, -0.15) is 0 Å². The topological polar surface area (TPSA) is 50.9 Å². The standard InChI is InChI=1S/C15H21N3/c16-14-2-1-13(8-17-14)18-15-11-4-9-3-10(6-11)7-12(15)5-9/h1-2,8-12,15,18H,3-7H2,(H2,16,17). The molecule has 0 saturated heterocycles. The van der Waals surface area contributed by atoms with Crippen molar-refractivity contribution in [2.45, 2.75) is 38.1 Å². The minimum absolute atomic E-state index is 0.602. The Labute approximate surface area is 108 Å². The van der Waals surface area contributed by atoms with Crippen LogP contribution in [0.25, 0.3) is 0 Å². The first-order chi connectivity index (χ1) is 8.78. The van der Waals surface area contributed by atoms with Crippen LogP contribution in [0, 0.1) is 23.7 Å². The molecule has 3 nitrogen and oxygen atoms in total. The maximum Gasteiger partial charge on any atom is 0.123 e. The zero-order valence-corrected chi connectivity index (χ0v) is 10.7. The van der Waals surface area contributed by atoms with Crippen molar-refractivity contribution in [1.82, 2.24) is 4.98 Å². The molecular weight excluding hydrogens is 222 g/mol. The largest absolute Gasteiger partial charge is 0.384 e. The van der Waals surface area contributed by atoms with Gasteiger partial charge in [0, 0.05) is 6.04 Å². The summed E-state index contributed by atoms with van der Waals surface area (Å²) in [6.07, 6.45) is 9.20. The average molecular weight is 243 g/mol. The first-order valence-electron chi connectivity index (χ1n) is 7.26. The van der Waals surface area contributed by atoms with Crippen LogP contribution in [0.15, 0.2) is 18.3 Å². The third-order valence-electron chi connectivity index (χ3n) is 5.35. The molecule has 3 N–H and O–H groups in total. The molecule has 1 aromatic heterocycles. The van der Waals surface area contributed by atoms with Crippen molar-refractivity contribution < 1.29 is 0 Å². The van der Waals surface area contributed by atoms with Crippen molar-refractivity contribution in [2.24, 2.45) is 23.7 Å². The first-order valence-corrected chi connectivity index (χ1v) is 7.26. The molecule has 0 aliphatic heterocycles. The number of anilines is 2. The van der Waals surface area contributed by atoms with Gasteiger partial charge in [0.1, 0.15) is 5.82 Å². The molecule has 5 rings (SSSR count). The summed E-state index contributed by atoms with van der Waals surface area (Å²) in [4.78, 5) is 4.18. The molecule has 0 aromatic carbocycles. The van der Waals surface area contributed by atoms with Gasteiger partial charge in [-0.05, 0) is 67.9 Å². The van der Waals surface area contributed by atoms with Gasteiger partial charge in [-0.25, -0.2) is 4.98 Å². The maximum atomic E-state index is 5.64. The molecule has 0 atom stereocenters. The summed E-state index contributed by atoms with van der Waals surface area (Å²) in [7, 11) is 0. The van der Waals surface area contributed by atoms with E-state index in [0.29, 0.717) is 11.9 Å². The van der Waals surface area contributed by atoms with Crippen molar-refractivity contribution in [3.63, 3.8) is 0 Å². The fourth-order valence-electron chi connectivity index (χ4n) is 4.84. The third kappa shape index (κ3) is 1.68. The molecule has 18 heavy (non-hydrogen) atoms. The lowest BCUT2D eigenvalue weighted by molar-refractivity contribution is 0.00753. The second-order valence-corrected chi connectivity index (χ2v) is 6.57. The number of hydrogen-bond acceptors (Lipinski definition) is 3. The van der Waals surface area contributed by atoms with Crippen molar-refractivity contribution in [3.8, 4) is 0 Å². The summed E-state index contributed by atoms with van der Waals surface area (Å²) in [5, 5.41) is 3.73. The van der Waals surface area contributed by atoms with Crippen LogP contribution in [0.5, 0.6) is 0 Å².